The lowest BCUT2D eigenvalue weighted by atomic mass is 10.2. The van der Waals surface area contributed by atoms with Crippen molar-refractivity contribution in [3.05, 3.63) is 18.2 Å². The van der Waals surface area contributed by atoms with Crippen LogP contribution in [0.3, 0.4) is 0 Å². The maximum atomic E-state index is 11.5. The van der Waals surface area contributed by atoms with Crippen molar-refractivity contribution in [2.75, 3.05) is 24.1 Å². The number of oxazole rings is 1. The van der Waals surface area contributed by atoms with Crippen LogP contribution in [0.15, 0.2) is 22.6 Å². The molecule has 1 aromatic carbocycles. The molecule has 6 heteroatoms. The molecule has 1 heterocycles. The molecule has 0 saturated heterocycles. The van der Waals surface area contributed by atoms with E-state index < -0.39 is 0 Å². The molecule has 0 unspecified atom stereocenters. The van der Waals surface area contributed by atoms with E-state index in [1.54, 1.807) is 18.2 Å². The summed E-state index contributed by atoms with van der Waals surface area (Å²) >= 11 is 0. The topological polar surface area (TPSA) is 93.2 Å². The monoisotopic (exact) mass is 262 g/mol. The smallest absolute Gasteiger partial charge is 0.296 e. The Bertz CT molecular complexity index is 577. The molecule has 2 rings (SSSR count). The van der Waals surface area contributed by atoms with Gasteiger partial charge in [-0.05, 0) is 18.1 Å². The molecule has 0 spiro atoms. The number of rotatable bonds is 5. The number of nitrogens with zero attached hydrogens (tertiary/aromatic N) is 1. The SMILES string of the molecule is CC(C)CNC(=O)CNc1nc2c(N)cccc2o1. The van der Waals surface area contributed by atoms with Gasteiger partial charge in [0.25, 0.3) is 6.01 Å². The summed E-state index contributed by atoms with van der Waals surface area (Å²) in [6.45, 7) is 4.86. The Labute approximate surface area is 111 Å². The number of carbonyl (C=O) groups excluding carboxylic acids is 1. The average molecular weight is 262 g/mol. The zero-order valence-electron chi connectivity index (χ0n) is 11.1. The highest BCUT2D eigenvalue weighted by Gasteiger charge is 2.09. The van der Waals surface area contributed by atoms with Gasteiger partial charge in [-0.25, -0.2) is 0 Å². The lowest BCUT2D eigenvalue weighted by Gasteiger charge is -2.07. The van der Waals surface area contributed by atoms with Crippen molar-refractivity contribution in [1.82, 2.24) is 10.3 Å². The number of nitrogens with one attached hydrogen (secondary N) is 2. The number of anilines is 2. The molecule has 0 aliphatic heterocycles. The first kappa shape index (κ1) is 13.2. The van der Waals surface area contributed by atoms with Gasteiger partial charge >= 0.3 is 0 Å². The van der Waals surface area contributed by atoms with Crippen LogP contribution in [0.4, 0.5) is 11.7 Å². The van der Waals surface area contributed by atoms with Crippen LogP contribution in [0.5, 0.6) is 0 Å². The van der Waals surface area contributed by atoms with Gasteiger partial charge in [-0.15, -0.1) is 0 Å². The van der Waals surface area contributed by atoms with Crippen LogP contribution in [0.1, 0.15) is 13.8 Å². The van der Waals surface area contributed by atoms with Gasteiger partial charge in [-0.3, -0.25) is 4.79 Å². The largest absolute Gasteiger partial charge is 0.423 e. The lowest BCUT2D eigenvalue weighted by Crippen LogP contribution is -2.32. The van der Waals surface area contributed by atoms with Crippen molar-refractivity contribution >= 4 is 28.7 Å². The minimum absolute atomic E-state index is 0.0936. The zero-order valence-corrected chi connectivity index (χ0v) is 11.1. The van der Waals surface area contributed by atoms with E-state index in [9.17, 15) is 4.79 Å². The molecular formula is C13H18N4O2. The van der Waals surface area contributed by atoms with E-state index >= 15 is 0 Å². The van der Waals surface area contributed by atoms with Gasteiger partial charge < -0.3 is 20.8 Å². The summed E-state index contributed by atoms with van der Waals surface area (Å²) in [7, 11) is 0. The summed E-state index contributed by atoms with van der Waals surface area (Å²) in [4.78, 5) is 15.7. The molecule has 0 radical (unpaired) electrons. The molecule has 0 aliphatic carbocycles. The number of aromatic nitrogens is 1. The Morgan fingerprint density at radius 2 is 2.26 bits per heavy atom. The lowest BCUT2D eigenvalue weighted by molar-refractivity contribution is -0.119. The fraction of sp³-hybridized carbons (Fsp3) is 0.385. The zero-order chi connectivity index (χ0) is 13.8. The van der Waals surface area contributed by atoms with E-state index in [1.165, 1.54) is 0 Å². The van der Waals surface area contributed by atoms with Crippen molar-refractivity contribution < 1.29 is 9.21 Å². The number of benzene rings is 1. The van der Waals surface area contributed by atoms with Crippen molar-refractivity contribution in [1.29, 1.82) is 0 Å². The Kier molecular flexibility index (Phi) is 3.89. The highest BCUT2D eigenvalue weighted by atomic mass is 16.4. The third-order valence-corrected chi connectivity index (χ3v) is 2.56. The number of nitrogen functional groups attached to an aromatic ring is 1. The molecule has 1 amide bonds. The molecule has 0 saturated carbocycles. The van der Waals surface area contributed by atoms with E-state index in [4.69, 9.17) is 10.2 Å². The van der Waals surface area contributed by atoms with Crippen molar-refractivity contribution in [3.63, 3.8) is 0 Å². The summed E-state index contributed by atoms with van der Waals surface area (Å²) in [6.07, 6.45) is 0. The fourth-order valence-electron chi connectivity index (χ4n) is 1.58. The Hall–Kier alpha value is -2.24. The van der Waals surface area contributed by atoms with Gasteiger partial charge in [-0.1, -0.05) is 19.9 Å². The summed E-state index contributed by atoms with van der Waals surface area (Å²) in [5.74, 6) is 0.331. The molecular weight excluding hydrogens is 244 g/mol. The van der Waals surface area contributed by atoms with Crippen LogP contribution in [-0.4, -0.2) is 24.0 Å². The summed E-state index contributed by atoms with van der Waals surface area (Å²) in [5, 5.41) is 5.64. The Balaban J connectivity index is 1.95. The van der Waals surface area contributed by atoms with Gasteiger partial charge in [-0.2, -0.15) is 4.98 Å². The maximum absolute atomic E-state index is 11.5. The van der Waals surface area contributed by atoms with Crippen LogP contribution >= 0.6 is 0 Å². The summed E-state index contributed by atoms with van der Waals surface area (Å²) in [5.41, 5.74) is 7.54. The number of hydrogen-bond donors (Lipinski definition) is 3. The number of para-hydroxylation sites is 1. The second kappa shape index (κ2) is 5.60. The Morgan fingerprint density at radius 3 is 2.95 bits per heavy atom. The molecule has 6 nitrogen and oxygen atoms in total. The first-order valence-corrected chi connectivity index (χ1v) is 6.22. The van der Waals surface area contributed by atoms with Gasteiger partial charge in [0, 0.05) is 6.54 Å². The third kappa shape index (κ3) is 3.37. The summed E-state index contributed by atoms with van der Waals surface area (Å²) < 4.78 is 5.44. The molecule has 0 aliphatic rings. The maximum Gasteiger partial charge on any atom is 0.296 e. The van der Waals surface area contributed by atoms with Crippen LogP contribution < -0.4 is 16.4 Å². The first-order chi connectivity index (χ1) is 9.06. The van der Waals surface area contributed by atoms with Crippen LogP contribution in [0, 0.1) is 5.92 Å². The normalized spacial score (nSPS) is 10.9. The summed E-state index contributed by atoms with van der Waals surface area (Å²) in [6, 6.07) is 5.63. The van der Waals surface area contributed by atoms with Crippen molar-refractivity contribution in [2.24, 2.45) is 5.92 Å². The Morgan fingerprint density at radius 1 is 1.47 bits per heavy atom. The van der Waals surface area contributed by atoms with E-state index in [0.717, 1.165) is 0 Å². The van der Waals surface area contributed by atoms with Crippen LogP contribution in [-0.2, 0) is 4.79 Å². The first-order valence-electron chi connectivity index (χ1n) is 6.22. The molecule has 0 bridgehead atoms. The van der Waals surface area contributed by atoms with Crippen molar-refractivity contribution in [2.45, 2.75) is 13.8 Å². The molecule has 0 atom stereocenters. The second-order valence-corrected chi connectivity index (χ2v) is 4.76. The van der Waals surface area contributed by atoms with Gasteiger partial charge in [0.2, 0.25) is 5.91 Å². The van der Waals surface area contributed by atoms with Crippen LogP contribution in [0.25, 0.3) is 11.1 Å². The predicted molar refractivity (Wildman–Crippen MR) is 74.8 cm³/mol. The highest BCUT2D eigenvalue weighted by Crippen LogP contribution is 2.23. The van der Waals surface area contributed by atoms with E-state index in [0.29, 0.717) is 35.3 Å². The third-order valence-electron chi connectivity index (χ3n) is 2.56. The molecule has 19 heavy (non-hydrogen) atoms. The molecule has 1 aromatic heterocycles. The van der Waals surface area contributed by atoms with Crippen molar-refractivity contribution in [3.8, 4) is 0 Å². The quantitative estimate of drug-likeness (QED) is 0.711. The van der Waals surface area contributed by atoms with E-state index in [-0.39, 0.29) is 12.5 Å². The van der Waals surface area contributed by atoms with E-state index in [2.05, 4.69) is 15.6 Å². The molecule has 2 aromatic rings. The van der Waals surface area contributed by atoms with Gasteiger partial charge in [0.15, 0.2) is 5.58 Å². The fourth-order valence-corrected chi connectivity index (χ4v) is 1.58. The standard InChI is InChI=1S/C13H18N4O2/c1-8(2)6-15-11(18)7-16-13-17-12-9(14)4-3-5-10(12)19-13/h3-5,8H,6-7,14H2,1-2H3,(H,15,18)(H,16,17). The number of hydrogen-bond acceptors (Lipinski definition) is 5. The number of carbonyl (C=O) groups is 1. The average Bonchev–Trinajstić information content (AvgIpc) is 2.78. The number of fused-ring (bicyclic) bond motifs is 1. The number of nitrogens with two attached hydrogens (primary N) is 1. The molecule has 4 N–H and O–H groups in total. The predicted octanol–water partition coefficient (Wildman–Crippen LogP) is 1.59. The van der Waals surface area contributed by atoms with Crippen LogP contribution in [0.2, 0.25) is 0 Å². The minimum atomic E-state index is -0.0936. The highest BCUT2D eigenvalue weighted by molar-refractivity contribution is 5.87. The van der Waals surface area contributed by atoms with Gasteiger partial charge in [0.05, 0.1) is 12.2 Å². The van der Waals surface area contributed by atoms with Gasteiger partial charge in [0.1, 0.15) is 5.52 Å². The molecule has 0 fully saturated rings. The molecule has 102 valence electrons. The second-order valence-electron chi connectivity index (χ2n) is 4.76. The van der Waals surface area contributed by atoms with E-state index in [1.807, 2.05) is 13.8 Å². The number of amides is 1. The minimum Gasteiger partial charge on any atom is -0.423 e.